The summed E-state index contributed by atoms with van der Waals surface area (Å²) in [5.74, 6) is -0.599. The third-order valence-corrected chi connectivity index (χ3v) is 2.97. The second-order valence-electron chi connectivity index (χ2n) is 4.73. The maximum atomic E-state index is 9.96. The van der Waals surface area contributed by atoms with Gasteiger partial charge < -0.3 is 19.9 Å². The van der Waals surface area contributed by atoms with Crippen molar-refractivity contribution in [2.45, 2.75) is 50.4 Å². The third kappa shape index (κ3) is 2.24. The summed E-state index contributed by atoms with van der Waals surface area (Å²) in [6.45, 7) is 4.20. The standard InChI is InChI=1S/C10H18N2O4/c1-10(2)15-8-6(11)5-7(9(8)16-10)14-4-3-12-13/h6-9H,3-5,11H2,1-2H3/t6-,7+,8+,9-/m1/s1. The van der Waals surface area contributed by atoms with Crippen LogP contribution in [0.3, 0.4) is 0 Å². The lowest BCUT2D eigenvalue weighted by Gasteiger charge is -2.22. The van der Waals surface area contributed by atoms with Crippen LogP contribution in [0.25, 0.3) is 0 Å². The van der Waals surface area contributed by atoms with E-state index in [2.05, 4.69) is 5.18 Å². The van der Waals surface area contributed by atoms with E-state index < -0.39 is 5.79 Å². The summed E-state index contributed by atoms with van der Waals surface area (Å²) >= 11 is 0. The normalized spacial score (nSPS) is 40.9. The lowest BCUT2D eigenvalue weighted by Crippen LogP contribution is -2.35. The fourth-order valence-corrected chi connectivity index (χ4v) is 2.38. The van der Waals surface area contributed by atoms with Gasteiger partial charge in [0.15, 0.2) is 5.79 Å². The Hall–Kier alpha value is -0.560. The Balaban J connectivity index is 1.93. The predicted molar refractivity (Wildman–Crippen MR) is 56.8 cm³/mol. The molecular formula is C10H18N2O4. The van der Waals surface area contributed by atoms with Gasteiger partial charge in [-0.1, -0.05) is 5.18 Å². The molecule has 0 bridgehead atoms. The van der Waals surface area contributed by atoms with Crippen LogP contribution in [-0.4, -0.2) is 43.3 Å². The molecule has 6 nitrogen and oxygen atoms in total. The van der Waals surface area contributed by atoms with Gasteiger partial charge in [-0.2, -0.15) is 4.91 Å². The minimum absolute atomic E-state index is 0.0686. The fourth-order valence-electron chi connectivity index (χ4n) is 2.38. The van der Waals surface area contributed by atoms with E-state index in [0.717, 1.165) is 0 Å². The van der Waals surface area contributed by atoms with Crippen LogP contribution in [0.2, 0.25) is 0 Å². The highest BCUT2D eigenvalue weighted by Gasteiger charge is 2.53. The van der Waals surface area contributed by atoms with Gasteiger partial charge >= 0.3 is 0 Å². The summed E-state index contributed by atoms with van der Waals surface area (Å²) in [4.78, 5) is 9.96. The van der Waals surface area contributed by atoms with Crippen molar-refractivity contribution >= 4 is 0 Å². The van der Waals surface area contributed by atoms with E-state index in [9.17, 15) is 4.91 Å². The average Bonchev–Trinajstić information content (AvgIpc) is 2.64. The Kier molecular flexibility index (Phi) is 3.25. The first-order valence-electron chi connectivity index (χ1n) is 5.55. The van der Waals surface area contributed by atoms with Crippen molar-refractivity contribution in [3.05, 3.63) is 4.91 Å². The average molecular weight is 230 g/mol. The molecule has 0 radical (unpaired) electrons. The van der Waals surface area contributed by atoms with Crippen LogP contribution in [0, 0.1) is 4.91 Å². The van der Waals surface area contributed by atoms with Crippen LogP contribution in [0.5, 0.6) is 0 Å². The molecule has 1 saturated heterocycles. The van der Waals surface area contributed by atoms with Gasteiger partial charge in [0.2, 0.25) is 0 Å². The van der Waals surface area contributed by atoms with Crippen LogP contribution < -0.4 is 5.73 Å². The molecule has 4 atom stereocenters. The largest absolute Gasteiger partial charge is 0.373 e. The van der Waals surface area contributed by atoms with E-state index >= 15 is 0 Å². The highest BCUT2D eigenvalue weighted by Crippen LogP contribution is 2.38. The molecule has 1 saturated carbocycles. The first-order chi connectivity index (χ1) is 7.53. The predicted octanol–water partition coefficient (Wildman–Crippen LogP) is 0.389. The molecule has 2 N–H and O–H groups in total. The summed E-state index contributed by atoms with van der Waals surface area (Å²) in [7, 11) is 0. The van der Waals surface area contributed by atoms with Crippen molar-refractivity contribution in [1.82, 2.24) is 0 Å². The maximum Gasteiger partial charge on any atom is 0.163 e. The molecule has 16 heavy (non-hydrogen) atoms. The second kappa shape index (κ2) is 4.37. The molecule has 6 heteroatoms. The summed E-state index contributed by atoms with van der Waals surface area (Å²) in [5, 5.41) is 2.75. The minimum atomic E-state index is -0.599. The Labute approximate surface area is 94.4 Å². The number of nitrogens with two attached hydrogens (primary N) is 1. The summed E-state index contributed by atoms with van der Waals surface area (Å²) in [5.41, 5.74) is 5.97. The Morgan fingerprint density at radius 2 is 2.12 bits per heavy atom. The Morgan fingerprint density at radius 3 is 2.81 bits per heavy atom. The SMILES string of the molecule is CC1(C)O[C@@H]2[C@H](O1)[C@@H](OCCN=O)C[C@H]2N. The van der Waals surface area contributed by atoms with Crippen molar-refractivity contribution < 1.29 is 14.2 Å². The van der Waals surface area contributed by atoms with Crippen LogP contribution in [0.1, 0.15) is 20.3 Å². The van der Waals surface area contributed by atoms with Crippen LogP contribution in [0.15, 0.2) is 5.18 Å². The number of rotatable bonds is 4. The lowest BCUT2D eigenvalue weighted by molar-refractivity contribution is -0.167. The summed E-state index contributed by atoms with van der Waals surface area (Å²) in [6, 6.07) is -0.0686. The zero-order valence-electron chi connectivity index (χ0n) is 9.59. The topological polar surface area (TPSA) is 83.1 Å². The zero-order chi connectivity index (χ0) is 11.8. The van der Waals surface area contributed by atoms with Crippen LogP contribution in [-0.2, 0) is 14.2 Å². The van der Waals surface area contributed by atoms with Gasteiger partial charge in [-0.3, -0.25) is 0 Å². The van der Waals surface area contributed by atoms with Gasteiger partial charge in [0.05, 0.1) is 12.7 Å². The molecule has 0 unspecified atom stereocenters. The van der Waals surface area contributed by atoms with Crippen molar-refractivity contribution in [3.8, 4) is 0 Å². The molecular weight excluding hydrogens is 212 g/mol. The first-order valence-corrected chi connectivity index (χ1v) is 5.55. The number of hydrogen-bond acceptors (Lipinski definition) is 6. The Morgan fingerprint density at radius 1 is 1.44 bits per heavy atom. The smallest absolute Gasteiger partial charge is 0.163 e. The van der Waals surface area contributed by atoms with Gasteiger partial charge in [-0.25, -0.2) is 0 Å². The van der Waals surface area contributed by atoms with Crippen LogP contribution in [0.4, 0.5) is 0 Å². The maximum absolute atomic E-state index is 9.96. The number of ether oxygens (including phenoxy) is 3. The highest BCUT2D eigenvalue weighted by atomic mass is 16.8. The molecule has 92 valence electrons. The van der Waals surface area contributed by atoms with Crippen molar-refractivity contribution in [1.29, 1.82) is 0 Å². The van der Waals surface area contributed by atoms with Gasteiger partial charge in [-0.15, -0.1) is 0 Å². The van der Waals surface area contributed by atoms with Crippen LogP contribution >= 0.6 is 0 Å². The summed E-state index contributed by atoms with van der Waals surface area (Å²) < 4.78 is 17.0. The zero-order valence-corrected chi connectivity index (χ0v) is 9.59. The number of fused-ring (bicyclic) bond motifs is 1. The number of nitrogens with zero attached hydrogens (tertiary/aromatic N) is 1. The monoisotopic (exact) mass is 230 g/mol. The fraction of sp³-hybridized carbons (Fsp3) is 1.00. The van der Waals surface area contributed by atoms with Gasteiger partial charge in [0.25, 0.3) is 0 Å². The molecule has 0 aromatic heterocycles. The highest BCUT2D eigenvalue weighted by molar-refractivity contribution is 5.01. The number of hydrogen-bond donors (Lipinski definition) is 1. The third-order valence-electron chi connectivity index (χ3n) is 2.97. The van der Waals surface area contributed by atoms with Gasteiger partial charge in [-0.05, 0) is 20.3 Å². The quantitative estimate of drug-likeness (QED) is 0.558. The molecule has 1 aliphatic heterocycles. The van der Waals surface area contributed by atoms with Gasteiger partial charge in [0.1, 0.15) is 18.8 Å². The van der Waals surface area contributed by atoms with E-state index in [1.807, 2.05) is 13.8 Å². The minimum Gasteiger partial charge on any atom is -0.373 e. The molecule has 2 fully saturated rings. The second-order valence-corrected chi connectivity index (χ2v) is 4.73. The molecule has 0 aromatic rings. The molecule has 0 spiro atoms. The summed E-state index contributed by atoms with van der Waals surface area (Å²) in [6.07, 6.45) is 0.369. The molecule has 1 aliphatic carbocycles. The van der Waals surface area contributed by atoms with Crippen molar-refractivity contribution in [3.63, 3.8) is 0 Å². The molecule has 0 aromatic carbocycles. The molecule has 2 aliphatic rings. The first kappa shape index (κ1) is 11.9. The lowest BCUT2D eigenvalue weighted by atomic mass is 10.2. The van der Waals surface area contributed by atoms with E-state index in [0.29, 0.717) is 13.0 Å². The van der Waals surface area contributed by atoms with E-state index in [1.165, 1.54) is 0 Å². The van der Waals surface area contributed by atoms with Crippen molar-refractivity contribution in [2.24, 2.45) is 10.9 Å². The Bertz CT molecular complexity index is 272. The van der Waals surface area contributed by atoms with E-state index in [-0.39, 0.29) is 30.9 Å². The molecule has 2 rings (SSSR count). The van der Waals surface area contributed by atoms with E-state index in [4.69, 9.17) is 19.9 Å². The van der Waals surface area contributed by atoms with Crippen molar-refractivity contribution in [2.75, 3.05) is 13.2 Å². The van der Waals surface area contributed by atoms with Gasteiger partial charge in [0, 0.05) is 6.04 Å². The van der Waals surface area contributed by atoms with E-state index in [1.54, 1.807) is 0 Å². The molecule has 0 amide bonds. The number of nitroso groups, excluding NO2 is 1. The molecule has 1 heterocycles.